The molecule has 0 atom stereocenters. The summed E-state index contributed by atoms with van der Waals surface area (Å²) in [5, 5.41) is 19.4. The Hall–Kier alpha value is -1.93. The Balaban J connectivity index is 1.75. The molecule has 0 radical (unpaired) electrons. The molecule has 0 unspecified atom stereocenters. The molecule has 3 rings (SSSR count). The van der Waals surface area contributed by atoms with Gasteiger partial charge in [-0.25, -0.2) is 0 Å². The molecular weight excluding hydrogens is 348 g/mol. The summed E-state index contributed by atoms with van der Waals surface area (Å²) in [4.78, 5) is 13.3. The largest absolute Gasteiger partial charge is 0.414 e. The highest BCUT2D eigenvalue weighted by Crippen LogP contribution is 2.39. The molecule has 0 amide bonds. The van der Waals surface area contributed by atoms with Gasteiger partial charge in [0.1, 0.15) is 5.69 Å². The second kappa shape index (κ2) is 6.66. The minimum absolute atomic E-state index is 0.130. The number of nitro groups is 1. The van der Waals surface area contributed by atoms with Crippen LogP contribution in [0.1, 0.15) is 33.6 Å². The van der Waals surface area contributed by atoms with Gasteiger partial charge in [-0.3, -0.25) is 15.2 Å². The van der Waals surface area contributed by atoms with Crippen molar-refractivity contribution in [3.8, 4) is 0 Å². The van der Waals surface area contributed by atoms with Gasteiger partial charge >= 0.3 is 0 Å². The highest BCUT2D eigenvalue weighted by Gasteiger charge is 2.40. The summed E-state index contributed by atoms with van der Waals surface area (Å²) in [6.07, 6.45) is 3.74. The number of nitro benzene ring substituents is 1. The van der Waals surface area contributed by atoms with E-state index < -0.39 is 8.32 Å². The van der Waals surface area contributed by atoms with Crippen LogP contribution < -0.4 is 4.90 Å². The summed E-state index contributed by atoms with van der Waals surface area (Å²) in [5.74, 6) is 0. The van der Waals surface area contributed by atoms with E-state index in [9.17, 15) is 10.1 Å². The lowest BCUT2D eigenvalue weighted by Gasteiger charge is -2.42. The first-order valence-electron chi connectivity index (χ1n) is 9.13. The Morgan fingerprint density at radius 3 is 2.54 bits per heavy atom. The normalized spacial score (nSPS) is 17.0. The van der Waals surface area contributed by atoms with E-state index >= 15 is 0 Å². The molecule has 8 heteroatoms. The molecule has 1 N–H and O–H groups in total. The number of rotatable bonds is 4. The Bertz CT molecular complexity index is 804. The number of nitrogens with one attached hydrogen (secondary N) is 1. The minimum atomic E-state index is -1.79. The van der Waals surface area contributed by atoms with Crippen molar-refractivity contribution in [1.29, 1.82) is 0 Å². The van der Waals surface area contributed by atoms with E-state index in [1.165, 1.54) is 0 Å². The van der Waals surface area contributed by atoms with Gasteiger partial charge in [-0.15, -0.1) is 0 Å². The molecule has 1 aliphatic rings. The van der Waals surface area contributed by atoms with Crippen LogP contribution in [0.3, 0.4) is 0 Å². The topological polar surface area (TPSA) is 84.3 Å². The molecule has 2 heterocycles. The summed E-state index contributed by atoms with van der Waals surface area (Å²) in [5.41, 5.74) is 1.50. The number of aromatic nitrogens is 2. The maximum atomic E-state index is 11.5. The quantitative estimate of drug-likeness (QED) is 0.484. The number of H-pyrrole nitrogens is 1. The molecule has 0 spiro atoms. The summed E-state index contributed by atoms with van der Waals surface area (Å²) in [6, 6.07) is 3.45. The Labute approximate surface area is 155 Å². The molecule has 1 fully saturated rings. The van der Waals surface area contributed by atoms with E-state index in [4.69, 9.17) is 4.43 Å². The fourth-order valence-electron chi connectivity index (χ4n) is 3.18. The number of piperidine rings is 1. The number of benzene rings is 1. The highest BCUT2D eigenvalue weighted by molar-refractivity contribution is 6.74. The van der Waals surface area contributed by atoms with E-state index in [1.54, 1.807) is 12.3 Å². The van der Waals surface area contributed by atoms with Crippen LogP contribution in [0.5, 0.6) is 0 Å². The molecule has 0 saturated carbocycles. The standard InChI is InChI=1S/C18H28N4O3Si/c1-18(2,3)26(4,5)25-14-6-8-21(9-7-14)16-10-13-12-19-20-15(13)11-17(16)22(23)24/h10-12,14H,6-9H2,1-5H3,(H,19,20). The zero-order valence-electron chi connectivity index (χ0n) is 16.2. The first kappa shape index (κ1) is 18.8. The summed E-state index contributed by atoms with van der Waals surface area (Å²) < 4.78 is 6.53. The van der Waals surface area contributed by atoms with Gasteiger partial charge in [0.15, 0.2) is 8.32 Å². The van der Waals surface area contributed by atoms with Gasteiger partial charge in [-0.1, -0.05) is 20.8 Å². The van der Waals surface area contributed by atoms with E-state index in [0.717, 1.165) is 31.3 Å². The average molecular weight is 377 g/mol. The van der Waals surface area contributed by atoms with E-state index in [1.807, 2.05) is 6.07 Å². The SMILES string of the molecule is CC(C)(C)[Si](C)(C)OC1CCN(c2cc3cn[nH]c3cc2[N+](=O)[O-])CC1. The van der Waals surface area contributed by atoms with Crippen molar-refractivity contribution in [2.75, 3.05) is 18.0 Å². The van der Waals surface area contributed by atoms with Crippen LogP contribution in [-0.2, 0) is 4.43 Å². The Morgan fingerprint density at radius 1 is 1.31 bits per heavy atom. The predicted octanol–water partition coefficient (Wildman–Crippen LogP) is 4.46. The van der Waals surface area contributed by atoms with Crippen molar-refractivity contribution >= 4 is 30.6 Å². The summed E-state index contributed by atoms with van der Waals surface area (Å²) in [7, 11) is -1.79. The number of anilines is 1. The first-order chi connectivity index (χ1) is 12.1. The number of hydrogen-bond acceptors (Lipinski definition) is 5. The van der Waals surface area contributed by atoms with E-state index in [-0.39, 0.29) is 21.8 Å². The van der Waals surface area contributed by atoms with Crippen LogP contribution in [-0.4, -0.2) is 42.6 Å². The second-order valence-corrected chi connectivity index (χ2v) is 13.4. The summed E-state index contributed by atoms with van der Waals surface area (Å²) >= 11 is 0. The van der Waals surface area contributed by atoms with Gasteiger partial charge in [0.2, 0.25) is 0 Å². The molecule has 1 aromatic carbocycles. The molecule has 1 saturated heterocycles. The number of aromatic amines is 1. The van der Waals surface area contributed by atoms with Gasteiger partial charge in [0.25, 0.3) is 5.69 Å². The molecule has 142 valence electrons. The van der Waals surface area contributed by atoms with Crippen LogP contribution in [0.2, 0.25) is 18.1 Å². The smallest absolute Gasteiger partial charge is 0.294 e. The van der Waals surface area contributed by atoms with Gasteiger partial charge in [0.05, 0.1) is 16.6 Å². The maximum absolute atomic E-state index is 11.5. The van der Waals surface area contributed by atoms with Crippen molar-refractivity contribution in [2.45, 2.75) is 57.8 Å². The number of nitrogens with zero attached hydrogens (tertiary/aromatic N) is 3. The lowest BCUT2D eigenvalue weighted by Crippen LogP contribution is -2.47. The third kappa shape index (κ3) is 3.61. The minimum Gasteiger partial charge on any atom is -0.414 e. The van der Waals surface area contributed by atoms with Crippen molar-refractivity contribution in [3.63, 3.8) is 0 Å². The van der Waals surface area contributed by atoms with Crippen LogP contribution in [0.25, 0.3) is 10.9 Å². The summed E-state index contributed by atoms with van der Waals surface area (Å²) in [6.45, 7) is 12.8. The van der Waals surface area contributed by atoms with Crippen molar-refractivity contribution < 1.29 is 9.35 Å². The van der Waals surface area contributed by atoms with Crippen LogP contribution >= 0.6 is 0 Å². The van der Waals surface area contributed by atoms with Gasteiger partial charge < -0.3 is 9.33 Å². The van der Waals surface area contributed by atoms with Crippen molar-refractivity contribution in [2.24, 2.45) is 0 Å². The second-order valence-electron chi connectivity index (χ2n) is 8.62. The molecule has 0 bridgehead atoms. The van der Waals surface area contributed by atoms with E-state index in [2.05, 4.69) is 49.0 Å². The van der Waals surface area contributed by atoms with Crippen LogP contribution in [0.15, 0.2) is 18.3 Å². The third-order valence-corrected chi connectivity index (χ3v) is 10.3. The first-order valence-corrected chi connectivity index (χ1v) is 12.0. The molecule has 7 nitrogen and oxygen atoms in total. The number of fused-ring (bicyclic) bond motifs is 1. The van der Waals surface area contributed by atoms with Gasteiger partial charge in [-0.05, 0) is 37.0 Å². The average Bonchev–Trinajstić information content (AvgIpc) is 3.00. The number of hydrogen-bond donors (Lipinski definition) is 1. The Kier molecular flexibility index (Phi) is 4.83. The lowest BCUT2D eigenvalue weighted by atomic mass is 10.1. The molecule has 26 heavy (non-hydrogen) atoms. The molecule has 0 aliphatic carbocycles. The maximum Gasteiger partial charge on any atom is 0.294 e. The zero-order chi connectivity index (χ0) is 19.1. The highest BCUT2D eigenvalue weighted by atomic mass is 28.4. The predicted molar refractivity (Wildman–Crippen MR) is 106 cm³/mol. The van der Waals surface area contributed by atoms with Crippen molar-refractivity contribution in [1.82, 2.24) is 10.2 Å². The van der Waals surface area contributed by atoms with Gasteiger partial charge in [-0.2, -0.15) is 5.10 Å². The monoisotopic (exact) mass is 376 g/mol. The van der Waals surface area contributed by atoms with Gasteiger partial charge in [0, 0.05) is 30.6 Å². The Morgan fingerprint density at radius 2 is 1.96 bits per heavy atom. The fraction of sp³-hybridized carbons (Fsp3) is 0.611. The molecule has 2 aromatic rings. The molecular formula is C18H28N4O3Si. The van der Waals surface area contributed by atoms with Crippen LogP contribution in [0, 0.1) is 10.1 Å². The van der Waals surface area contributed by atoms with Crippen LogP contribution in [0.4, 0.5) is 11.4 Å². The molecule has 1 aromatic heterocycles. The molecule has 1 aliphatic heterocycles. The fourth-order valence-corrected chi connectivity index (χ4v) is 4.60. The third-order valence-electron chi connectivity index (χ3n) is 5.78. The van der Waals surface area contributed by atoms with Crippen molar-refractivity contribution in [3.05, 3.63) is 28.4 Å². The van der Waals surface area contributed by atoms with E-state index in [0.29, 0.717) is 11.2 Å². The zero-order valence-corrected chi connectivity index (χ0v) is 17.2. The lowest BCUT2D eigenvalue weighted by molar-refractivity contribution is -0.384.